The number of ether oxygens (including phenoxy) is 1. The first-order valence-corrected chi connectivity index (χ1v) is 12.7. The molecule has 30 heavy (non-hydrogen) atoms. The predicted octanol–water partition coefficient (Wildman–Crippen LogP) is 8.64. The third-order valence-electron chi connectivity index (χ3n) is 7.53. The van der Waals surface area contributed by atoms with Crippen LogP contribution in [0.4, 0.5) is 4.39 Å². The van der Waals surface area contributed by atoms with Gasteiger partial charge in [-0.05, 0) is 99.2 Å². The van der Waals surface area contributed by atoms with Crippen molar-refractivity contribution in [3.8, 4) is 5.75 Å². The van der Waals surface area contributed by atoms with E-state index >= 15 is 0 Å². The Labute approximate surface area is 184 Å². The summed E-state index contributed by atoms with van der Waals surface area (Å²) < 4.78 is 17.9. The molecule has 0 radical (unpaired) electrons. The van der Waals surface area contributed by atoms with Crippen molar-refractivity contribution in [2.75, 3.05) is 13.3 Å². The van der Waals surface area contributed by atoms with Gasteiger partial charge in [0.1, 0.15) is 5.75 Å². The summed E-state index contributed by atoms with van der Waals surface area (Å²) in [4.78, 5) is 0. The molecule has 0 N–H and O–H groups in total. The molecular formula is C28H43FO. The highest BCUT2D eigenvalue weighted by Gasteiger charge is 2.25. The van der Waals surface area contributed by atoms with Gasteiger partial charge >= 0.3 is 0 Å². The van der Waals surface area contributed by atoms with Crippen LogP contribution in [-0.2, 0) is 0 Å². The Morgan fingerprint density at radius 2 is 1.43 bits per heavy atom. The quantitative estimate of drug-likeness (QED) is 0.329. The molecule has 0 atom stereocenters. The van der Waals surface area contributed by atoms with Gasteiger partial charge in [0.25, 0.3) is 0 Å². The van der Waals surface area contributed by atoms with E-state index in [1.807, 2.05) is 6.08 Å². The summed E-state index contributed by atoms with van der Waals surface area (Å²) in [5, 5.41) is 0. The molecule has 0 bridgehead atoms. The summed E-state index contributed by atoms with van der Waals surface area (Å²) in [5.41, 5.74) is 1.51. The van der Waals surface area contributed by atoms with Crippen LogP contribution in [0.3, 0.4) is 0 Å². The van der Waals surface area contributed by atoms with Crippen LogP contribution in [0, 0.1) is 17.8 Å². The van der Waals surface area contributed by atoms with Crippen LogP contribution >= 0.6 is 0 Å². The number of benzene rings is 1. The maximum absolute atomic E-state index is 12.2. The van der Waals surface area contributed by atoms with Crippen LogP contribution in [0.5, 0.6) is 5.75 Å². The van der Waals surface area contributed by atoms with Crippen LogP contribution in [-0.4, -0.2) is 13.3 Å². The first kappa shape index (κ1) is 23.4. The molecule has 0 unspecified atom stereocenters. The average Bonchev–Trinajstić information content (AvgIpc) is 2.81. The van der Waals surface area contributed by atoms with Crippen LogP contribution in [0.15, 0.2) is 36.4 Å². The van der Waals surface area contributed by atoms with Gasteiger partial charge in [-0.3, -0.25) is 4.39 Å². The highest BCUT2D eigenvalue weighted by molar-refractivity contribution is 5.29. The number of hydrogen-bond acceptors (Lipinski definition) is 1. The van der Waals surface area contributed by atoms with Crippen molar-refractivity contribution >= 4 is 0 Å². The van der Waals surface area contributed by atoms with E-state index in [0.717, 1.165) is 42.4 Å². The lowest BCUT2D eigenvalue weighted by atomic mass is 9.74. The Morgan fingerprint density at radius 1 is 0.833 bits per heavy atom. The fourth-order valence-electron chi connectivity index (χ4n) is 5.54. The molecule has 1 aromatic rings. The fourth-order valence-corrected chi connectivity index (χ4v) is 5.54. The predicted molar refractivity (Wildman–Crippen MR) is 126 cm³/mol. The van der Waals surface area contributed by atoms with Crippen molar-refractivity contribution in [1.82, 2.24) is 0 Å². The normalized spacial score (nSPS) is 27.4. The van der Waals surface area contributed by atoms with Crippen LogP contribution in [0.1, 0.15) is 102 Å². The van der Waals surface area contributed by atoms with E-state index in [0.29, 0.717) is 6.42 Å². The molecule has 2 aliphatic carbocycles. The van der Waals surface area contributed by atoms with Gasteiger partial charge in [0.05, 0.1) is 13.3 Å². The number of hydrogen-bond donors (Lipinski definition) is 0. The Balaban J connectivity index is 1.30. The molecule has 0 amide bonds. The summed E-state index contributed by atoms with van der Waals surface area (Å²) >= 11 is 0. The van der Waals surface area contributed by atoms with Crippen molar-refractivity contribution < 1.29 is 9.13 Å². The molecule has 0 heterocycles. The van der Waals surface area contributed by atoms with Gasteiger partial charge in [-0.1, -0.05) is 56.9 Å². The number of allylic oxidation sites excluding steroid dienone is 2. The van der Waals surface area contributed by atoms with E-state index in [1.165, 1.54) is 76.2 Å². The van der Waals surface area contributed by atoms with Gasteiger partial charge in [-0.2, -0.15) is 0 Å². The van der Waals surface area contributed by atoms with Crippen molar-refractivity contribution in [3.05, 3.63) is 42.0 Å². The third-order valence-corrected chi connectivity index (χ3v) is 7.53. The minimum atomic E-state index is -0.217. The lowest BCUT2D eigenvalue weighted by Crippen LogP contribution is -2.17. The summed E-state index contributed by atoms with van der Waals surface area (Å²) in [7, 11) is 0. The van der Waals surface area contributed by atoms with E-state index in [4.69, 9.17) is 4.74 Å². The topological polar surface area (TPSA) is 9.23 Å². The van der Waals surface area contributed by atoms with Crippen molar-refractivity contribution in [3.63, 3.8) is 0 Å². The fraction of sp³-hybridized carbons (Fsp3) is 0.714. The standard InChI is InChI=1S/C28H43FO/c1-2-22-30-28-19-17-27(18-20-28)26-15-13-25(14-16-26)12-11-24-9-7-23(8-10-24)6-4-3-5-21-29/h3-4,17-20,23-26H,2,5-16,21-22H2,1H3/b4-3+/t23-,24-,25-,26-. The molecule has 0 aliphatic heterocycles. The lowest BCUT2D eigenvalue weighted by molar-refractivity contribution is 0.231. The zero-order valence-corrected chi connectivity index (χ0v) is 19.2. The molecular weight excluding hydrogens is 371 g/mol. The first-order valence-electron chi connectivity index (χ1n) is 12.7. The zero-order chi connectivity index (χ0) is 21.0. The highest BCUT2D eigenvalue weighted by atomic mass is 19.1. The number of rotatable bonds is 11. The Bertz CT molecular complexity index is 592. The van der Waals surface area contributed by atoms with E-state index in [9.17, 15) is 4.39 Å². The van der Waals surface area contributed by atoms with Crippen LogP contribution in [0.25, 0.3) is 0 Å². The molecule has 0 saturated heterocycles. The van der Waals surface area contributed by atoms with Gasteiger partial charge in [0.15, 0.2) is 0 Å². The minimum Gasteiger partial charge on any atom is -0.494 e. The van der Waals surface area contributed by atoms with Gasteiger partial charge < -0.3 is 4.74 Å². The molecule has 1 nitrogen and oxygen atoms in total. The van der Waals surface area contributed by atoms with Crippen molar-refractivity contribution in [1.29, 1.82) is 0 Å². The molecule has 0 aromatic heterocycles. The molecule has 2 fully saturated rings. The van der Waals surface area contributed by atoms with Gasteiger partial charge in [-0.25, -0.2) is 0 Å². The molecule has 0 spiro atoms. The lowest BCUT2D eigenvalue weighted by Gasteiger charge is -2.32. The van der Waals surface area contributed by atoms with Crippen molar-refractivity contribution in [2.45, 2.75) is 96.3 Å². The summed E-state index contributed by atoms with van der Waals surface area (Å²) in [6, 6.07) is 8.90. The third kappa shape index (κ3) is 7.75. The summed E-state index contributed by atoms with van der Waals surface area (Å²) in [6.45, 7) is 2.74. The van der Waals surface area contributed by atoms with Gasteiger partial charge in [0.2, 0.25) is 0 Å². The second-order valence-electron chi connectivity index (χ2n) is 9.78. The maximum atomic E-state index is 12.2. The molecule has 168 valence electrons. The maximum Gasteiger partial charge on any atom is 0.119 e. The molecule has 2 saturated carbocycles. The monoisotopic (exact) mass is 414 g/mol. The second kappa shape index (κ2) is 13.2. The average molecular weight is 415 g/mol. The SMILES string of the molecule is CCCOc1ccc([C@H]2CC[C@H](CC[C@H]3CC[C@H](C/C=C/CCF)CC3)CC2)cc1. The Kier molecular flexibility index (Phi) is 10.3. The summed E-state index contributed by atoms with van der Waals surface area (Å²) in [5.74, 6) is 4.53. The first-order chi connectivity index (χ1) is 14.8. The second-order valence-corrected chi connectivity index (χ2v) is 9.78. The highest BCUT2D eigenvalue weighted by Crippen LogP contribution is 2.40. The van der Waals surface area contributed by atoms with E-state index in [1.54, 1.807) is 0 Å². The van der Waals surface area contributed by atoms with Crippen LogP contribution < -0.4 is 4.74 Å². The van der Waals surface area contributed by atoms with E-state index in [2.05, 4.69) is 37.3 Å². The van der Waals surface area contributed by atoms with E-state index < -0.39 is 0 Å². The number of alkyl halides is 1. The summed E-state index contributed by atoms with van der Waals surface area (Å²) in [6.07, 6.45) is 21.1. The smallest absolute Gasteiger partial charge is 0.119 e. The Hall–Kier alpha value is -1.31. The van der Waals surface area contributed by atoms with Crippen molar-refractivity contribution in [2.24, 2.45) is 17.8 Å². The molecule has 2 aliphatic rings. The molecule has 3 rings (SSSR count). The number of halogens is 1. The van der Waals surface area contributed by atoms with Gasteiger partial charge in [-0.15, -0.1) is 0 Å². The van der Waals surface area contributed by atoms with E-state index in [-0.39, 0.29) is 6.67 Å². The van der Waals surface area contributed by atoms with Crippen LogP contribution in [0.2, 0.25) is 0 Å². The Morgan fingerprint density at radius 3 is 2.03 bits per heavy atom. The molecule has 2 heteroatoms. The largest absolute Gasteiger partial charge is 0.494 e. The minimum absolute atomic E-state index is 0.217. The molecule has 1 aromatic carbocycles. The zero-order valence-electron chi connectivity index (χ0n) is 19.2. The van der Waals surface area contributed by atoms with Gasteiger partial charge in [0, 0.05) is 0 Å².